The van der Waals surface area contributed by atoms with Gasteiger partial charge in [-0.2, -0.15) is 0 Å². The maximum atomic E-state index is 12.3. The quantitative estimate of drug-likeness (QED) is 0.270. The Kier molecular flexibility index (Phi) is 13.5. The Balaban J connectivity index is 2.44. The highest BCUT2D eigenvalue weighted by Gasteiger charge is 2.15. The molecule has 4 nitrogen and oxygen atoms in total. The smallest absolute Gasteiger partial charge is 0.338 e. The molecule has 1 aromatic carbocycles. The largest absolute Gasteiger partial charge is 0.508 e. The van der Waals surface area contributed by atoms with Crippen LogP contribution in [0.1, 0.15) is 95.3 Å². The van der Waals surface area contributed by atoms with Crippen molar-refractivity contribution in [2.24, 2.45) is 0 Å². The second kappa shape index (κ2) is 15.4. The SMILES string of the molecule is CCCCCCCN(CCCCCCC)CC(C)OC(=O)c1ccc(O)cc1. The zero-order valence-electron chi connectivity index (χ0n) is 18.3. The standard InChI is InChI=1S/C24H41NO3/c1-4-6-8-10-12-18-25(19-13-11-9-7-5-2)20-21(3)28-24(27)22-14-16-23(26)17-15-22/h14-17,21,26H,4-13,18-20H2,1-3H3. The summed E-state index contributed by atoms with van der Waals surface area (Å²) in [7, 11) is 0. The lowest BCUT2D eigenvalue weighted by Crippen LogP contribution is -2.35. The highest BCUT2D eigenvalue weighted by Crippen LogP contribution is 2.13. The fourth-order valence-corrected chi connectivity index (χ4v) is 3.42. The summed E-state index contributed by atoms with van der Waals surface area (Å²) in [4.78, 5) is 14.8. The lowest BCUT2D eigenvalue weighted by molar-refractivity contribution is 0.0249. The topological polar surface area (TPSA) is 49.8 Å². The number of esters is 1. The molecule has 0 bridgehead atoms. The Morgan fingerprint density at radius 3 is 1.89 bits per heavy atom. The van der Waals surface area contributed by atoms with E-state index in [1.807, 2.05) is 6.92 Å². The van der Waals surface area contributed by atoms with Crippen LogP contribution in [0.4, 0.5) is 0 Å². The van der Waals surface area contributed by atoms with Gasteiger partial charge in [-0.05, 0) is 57.1 Å². The summed E-state index contributed by atoms with van der Waals surface area (Å²) < 4.78 is 5.63. The lowest BCUT2D eigenvalue weighted by Gasteiger charge is -2.26. The van der Waals surface area contributed by atoms with E-state index in [4.69, 9.17) is 4.74 Å². The molecule has 1 rings (SSSR count). The van der Waals surface area contributed by atoms with E-state index in [9.17, 15) is 9.90 Å². The average molecular weight is 392 g/mol. The molecular weight excluding hydrogens is 350 g/mol. The summed E-state index contributed by atoms with van der Waals surface area (Å²) in [5.74, 6) is -0.166. The molecular formula is C24H41NO3. The van der Waals surface area contributed by atoms with Gasteiger partial charge in [0.2, 0.25) is 0 Å². The van der Waals surface area contributed by atoms with Crippen molar-refractivity contribution in [2.45, 2.75) is 91.1 Å². The third-order valence-electron chi connectivity index (χ3n) is 5.08. The van der Waals surface area contributed by atoms with Crippen molar-refractivity contribution < 1.29 is 14.6 Å². The molecule has 0 saturated carbocycles. The number of rotatable bonds is 16. The highest BCUT2D eigenvalue weighted by molar-refractivity contribution is 5.89. The summed E-state index contributed by atoms with van der Waals surface area (Å²) in [6.45, 7) is 9.40. The number of phenolic OH excluding ortho intramolecular Hbond substituents is 1. The third kappa shape index (κ3) is 11.3. The molecule has 0 spiro atoms. The Bertz CT molecular complexity index is 501. The van der Waals surface area contributed by atoms with Gasteiger partial charge in [0, 0.05) is 6.54 Å². The molecule has 0 aliphatic carbocycles. The molecule has 0 saturated heterocycles. The van der Waals surface area contributed by atoms with Crippen molar-refractivity contribution in [3.63, 3.8) is 0 Å². The number of unbranched alkanes of at least 4 members (excludes halogenated alkanes) is 8. The number of benzene rings is 1. The fourth-order valence-electron chi connectivity index (χ4n) is 3.42. The van der Waals surface area contributed by atoms with Gasteiger partial charge in [-0.15, -0.1) is 0 Å². The van der Waals surface area contributed by atoms with Crippen LogP contribution in [0, 0.1) is 0 Å². The Morgan fingerprint density at radius 1 is 0.893 bits per heavy atom. The van der Waals surface area contributed by atoms with Crippen molar-refractivity contribution in [1.82, 2.24) is 4.90 Å². The molecule has 0 heterocycles. The lowest BCUT2D eigenvalue weighted by atomic mass is 10.1. The minimum atomic E-state index is -0.321. The summed E-state index contributed by atoms with van der Waals surface area (Å²) >= 11 is 0. The number of phenols is 1. The molecule has 4 heteroatoms. The van der Waals surface area contributed by atoms with E-state index in [1.165, 1.54) is 76.3 Å². The van der Waals surface area contributed by atoms with Crippen molar-refractivity contribution in [3.8, 4) is 5.75 Å². The number of aromatic hydroxyl groups is 1. The van der Waals surface area contributed by atoms with Gasteiger partial charge in [0.25, 0.3) is 0 Å². The Hall–Kier alpha value is -1.55. The maximum Gasteiger partial charge on any atom is 0.338 e. The van der Waals surface area contributed by atoms with Crippen LogP contribution < -0.4 is 0 Å². The molecule has 0 radical (unpaired) electrons. The third-order valence-corrected chi connectivity index (χ3v) is 5.08. The highest BCUT2D eigenvalue weighted by atomic mass is 16.5. The Labute approximate surface area is 172 Å². The summed E-state index contributed by atoms with van der Waals surface area (Å²) in [6, 6.07) is 6.23. The molecule has 0 fully saturated rings. The first-order chi connectivity index (χ1) is 13.6. The second-order valence-corrected chi connectivity index (χ2v) is 7.89. The fraction of sp³-hybridized carbons (Fsp3) is 0.708. The zero-order valence-corrected chi connectivity index (χ0v) is 18.3. The predicted molar refractivity (Wildman–Crippen MR) is 117 cm³/mol. The number of hydrogen-bond donors (Lipinski definition) is 1. The van der Waals surface area contributed by atoms with Gasteiger partial charge >= 0.3 is 5.97 Å². The van der Waals surface area contributed by atoms with Crippen LogP contribution in [0.3, 0.4) is 0 Å². The number of hydrogen-bond acceptors (Lipinski definition) is 4. The molecule has 0 aliphatic heterocycles. The Morgan fingerprint density at radius 2 is 1.39 bits per heavy atom. The van der Waals surface area contributed by atoms with Gasteiger partial charge in [0.05, 0.1) is 5.56 Å². The first-order valence-corrected chi connectivity index (χ1v) is 11.3. The van der Waals surface area contributed by atoms with Gasteiger partial charge in [0.15, 0.2) is 0 Å². The molecule has 1 N–H and O–H groups in total. The predicted octanol–water partition coefficient (Wildman–Crippen LogP) is 6.18. The molecule has 28 heavy (non-hydrogen) atoms. The molecule has 0 aliphatic rings. The molecule has 1 atom stereocenters. The van der Waals surface area contributed by atoms with E-state index in [0.29, 0.717) is 5.56 Å². The van der Waals surface area contributed by atoms with E-state index < -0.39 is 0 Å². The summed E-state index contributed by atoms with van der Waals surface area (Å²) in [6.07, 6.45) is 12.6. The molecule has 0 aromatic heterocycles. The summed E-state index contributed by atoms with van der Waals surface area (Å²) in [5, 5.41) is 9.35. The zero-order chi connectivity index (χ0) is 20.6. The first-order valence-electron chi connectivity index (χ1n) is 11.3. The molecule has 160 valence electrons. The number of carbonyl (C=O) groups excluding carboxylic acids is 1. The van der Waals surface area contributed by atoms with E-state index >= 15 is 0 Å². The number of nitrogens with zero attached hydrogens (tertiary/aromatic N) is 1. The van der Waals surface area contributed by atoms with Gasteiger partial charge in [-0.1, -0.05) is 65.2 Å². The first kappa shape index (κ1) is 24.5. The number of ether oxygens (including phenoxy) is 1. The monoisotopic (exact) mass is 391 g/mol. The van der Waals surface area contributed by atoms with Crippen LogP contribution in [0.2, 0.25) is 0 Å². The van der Waals surface area contributed by atoms with Gasteiger partial charge in [0.1, 0.15) is 11.9 Å². The minimum Gasteiger partial charge on any atom is -0.508 e. The van der Waals surface area contributed by atoms with Crippen molar-refractivity contribution in [3.05, 3.63) is 29.8 Å². The van der Waals surface area contributed by atoms with E-state index in [-0.39, 0.29) is 17.8 Å². The van der Waals surface area contributed by atoms with Gasteiger partial charge < -0.3 is 9.84 Å². The molecule has 1 unspecified atom stereocenters. The maximum absolute atomic E-state index is 12.3. The van der Waals surface area contributed by atoms with Gasteiger partial charge in [-0.25, -0.2) is 4.79 Å². The van der Waals surface area contributed by atoms with Crippen LogP contribution in [0.5, 0.6) is 5.75 Å². The van der Waals surface area contributed by atoms with Crippen LogP contribution in [-0.2, 0) is 4.74 Å². The van der Waals surface area contributed by atoms with Crippen LogP contribution in [-0.4, -0.2) is 41.7 Å². The van der Waals surface area contributed by atoms with Crippen molar-refractivity contribution in [1.29, 1.82) is 0 Å². The van der Waals surface area contributed by atoms with E-state index in [1.54, 1.807) is 12.1 Å². The van der Waals surface area contributed by atoms with Crippen molar-refractivity contribution >= 4 is 5.97 Å². The van der Waals surface area contributed by atoms with Crippen molar-refractivity contribution in [2.75, 3.05) is 19.6 Å². The van der Waals surface area contributed by atoms with Crippen LogP contribution >= 0.6 is 0 Å². The normalized spacial score (nSPS) is 12.3. The number of carbonyl (C=O) groups is 1. The second-order valence-electron chi connectivity index (χ2n) is 7.89. The van der Waals surface area contributed by atoms with E-state index in [0.717, 1.165) is 19.6 Å². The van der Waals surface area contributed by atoms with Crippen LogP contribution in [0.25, 0.3) is 0 Å². The average Bonchev–Trinajstić information content (AvgIpc) is 2.67. The minimum absolute atomic E-state index is 0.146. The van der Waals surface area contributed by atoms with E-state index in [2.05, 4.69) is 18.7 Å². The molecule has 0 amide bonds. The summed E-state index contributed by atoms with van der Waals surface area (Å²) in [5.41, 5.74) is 0.482. The molecule has 1 aromatic rings. The van der Waals surface area contributed by atoms with Crippen LogP contribution in [0.15, 0.2) is 24.3 Å². The van der Waals surface area contributed by atoms with Gasteiger partial charge in [-0.3, -0.25) is 4.90 Å².